The van der Waals surface area contributed by atoms with Gasteiger partial charge in [-0.1, -0.05) is 0 Å². The van der Waals surface area contributed by atoms with Gasteiger partial charge < -0.3 is 14.5 Å². The molecule has 0 fully saturated rings. The van der Waals surface area contributed by atoms with Gasteiger partial charge in [0.1, 0.15) is 17.3 Å². The molecule has 2 N–H and O–H groups in total. The van der Waals surface area contributed by atoms with Crippen molar-refractivity contribution in [2.45, 2.75) is 13.1 Å². The quantitative estimate of drug-likeness (QED) is 0.688. The topological polar surface area (TPSA) is 75.4 Å². The second kappa shape index (κ2) is 6.81. The zero-order chi connectivity index (χ0) is 18.1. The molecule has 1 aliphatic heterocycles. The largest absolute Gasteiger partial charge is 0.497 e. The minimum atomic E-state index is -0.175. The van der Waals surface area contributed by atoms with Crippen molar-refractivity contribution in [1.29, 1.82) is 0 Å². The number of rotatable bonds is 4. The molecule has 1 aliphatic rings. The second-order valence-corrected chi connectivity index (χ2v) is 6.41. The Hall–Kier alpha value is -2.84. The molecule has 0 saturated heterocycles. The lowest BCUT2D eigenvalue weighted by molar-refractivity contribution is 0.241. The van der Waals surface area contributed by atoms with Crippen LogP contribution in [0.1, 0.15) is 11.3 Å². The zero-order valence-electron chi connectivity index (χ0n) is 14.2. The van der Waals surface area contributed by atoms with Crippen molar-refractivity contribution in [3.05, 3.63) is 69.1 Å². The van der Waals surface area contributed by atoms with Gasteiger partial charge in [-0.3, -0.25) is 19.2 Å². The van der Waals surface area contributed by atoms with E-state index in [1.807, 2.05) is 41.0 Å². The number of furan rings is 1. The summed E-state index contributed by atoms with van der Waals surface area (Å²) in [5.74, 6) is 2.34. The molecule has 0 spiro atoms. The molecule has 0 radical (unpaired) electrons. The third kappa shape index (κ3) is 3.04. The zero-order valence-corrected chi connectivity index (χ0v) is 15.0. The highest BCUT2D eigenvalue weighted by Crippen LogP contribution is 2.25. The Morgan fingerprint density at radius 2 is 2.08 bits per heavy atom. The summed E-state index contributed by atoms with van der Waals surface area (Å²) in [7, 11) is 1.62. The number of nitrogens with one attached hydrogen (secondary N) is 2. The third-order valence-electron chi connectivity index (χ3n) is 4.35. The van der Waals surface area contributed by atoms with Crippen LogP contribution in [-0.2, 0) is 13.1 Å². The van der Waals surface area contributed by atoms with Crippen LogP contribution in [0.5, 0.6) is 5.75 Å². The molecule has 0 aliphatic carbocycles. The number of nitrogens with zero attached hydrogens (tertiary/aromatic N) is 2. The molecule has 26 heavy (non-hydrogen) atoms. The van der Waals surface area contributed by atoms with Crippen molar-refractivity contribution >= 4 is 18.0 Å². The Balaban J connectivity index is 1.72. The van der Waals surface area contributed by atoms with Crippen LogP contribution in [0.15, 0.2) is 51.9 Å². The lowest BCUT2D eigenvalue weighted by Crippen LogP contribution is -2.38. The monoisotopic (exact) mass is 370 g/mol. The molecular weight excluding hydrogens is 352 g/mol. The van der Waals surface area contributed by atoms with Crippen LogP contribution in [0, 0.1) is 4.77 Å². The number of hydrogen-bond acceptors (Lipinski definition) is 6. The molecule has 0 bridgehead atoms. The van der Waals surface area contributed by atoms with E-state index in [0.29, 0.717) is 30.1 Å². The molecule has 0 amide bonds. The molecule has 3 aromatic rings. The van der Waals surface area contributed by atoms with Crippen LogP contribution in [0.3, 0.4) is 0 Å². The van der Waals surface area contributed by atoms with E-state index in [1.165, 1.54) is 0 Å². The first-order chi connectivity index (χ1) is 12.7. The van der Waals surface area contributed by atoms with Gasteiger partial charge in [0, 0.05) is 6.54 Å². The maximum Gasteiger partial charge on any atom is 0.258 e. The van der Waals surface area contributed by atoms with E-state index in [1.54, 1.807) is 13.4 Å². The van der Waals surface area contributed by atoms with Crippen molar-refractivity contribution in [3.63, 3.8) is 0 Å². The first-order valence-electron chi connectivity index (χ1n) is 8.17. The van der Waals surface area contributed by atoms with Gasteiger partial charge in [0.05, 0.1) is 37.8 Å². The highest BCUT2D eigenvalue weighted by molar-refractivity contribution is 7.71. The standard InChI is InChI=1S/C18H18N4O3S/c1-24-13-6-4-12(5-7-13)22-16-15(17(23)20-18(22)26)10-21(11-19-16)9-14-3-2-8-25-14/h2-8,19H,9-11H2,1H3,(H,20,23,26). The first kappa shape index (κ1) is 16.6. The average molecular weight is 370 g/mol. The van der Waals surface area contributed by atoms with Crippen molar-refractivity contribution in [2.75, 3.05) is 19.1 Å². The Labute approximate surface area is 154 Å². The summed E-state index contributed by atoms with van der Waals surface area (Å²) < 4.78 is 12.8. The van der Waals surface area contributed by atoms with Gasteiger partial charge in [-0.2, -0.15) is 0 Å². The number of methoxy groups -OCH3 is 1. The van der Waals surface area contributed by atoms with E-state index >= 15 is 0 Å². The number of ether oxygens (including phenoxy) is 1. The minimum absolute atomic E-state index is 0.175. The van der Waals surface area contributed by atoms with Gasteiger partial charge in [0.25, 0.3) is 5.56 Å². The van der Waals surface area contributed by atoms with Crippen molar-refractivity contribution in [2.24, 2.45) is 0 Å². The summed E-state index contributed by atoms with van der Waals surface area (Å²) in [5, 5.41) is 3.33. The molecule has 0 unspecified atom stereocenters. The number of benzene rings is 1. The van der Waals surface area contributed by atoms with Crippen molar-refractivity contribution in [1.82, 2.24) is 14.5 Å². The van der Waals surface area contributed by atoms with Crippen LogP contribution < -0.4 is 15.6 Å². The fourth-order valence-electron chi connectivity index (χ4n) is 3.08. The minimum Gasteiger partial charge on any atom is -0.497 e. The summed E-state index contributed by atoms with van der Waals surface area (Å²) in [6.45, 7) is 1.71. The Kier molecular flexibility index (Phi) is 4.36. The van der Waals surface area contributed by atoms with Crippen molar-refractivity contribution < 1.29 is 9.15 Å². The molecule has 0 saturated carbocycles. The SMILES string of the molecule is COc1ccc(-n2c3c(c(=O)[nH]c2=S)CN(Cc2ccco2)CN3)cc1. The first-order valence-corrected chi connectivity index (χ1v) is 8.58. The summed E-state index contributed by atoms with van der Waals surface area (Å²) in [6, 6.07) is 11.3. The maximum atomic E-state index is 12.5. The summed E-state index contributed by atoms with van der Waals surface area (Å²) in [5.41, 5.74) is 1.33. The maximum absolute atomic E-state index is 12.5. The molecule has 3 heterocycles. The molecule has 134 valence electrons. The summed E-state index contributed by atoms with van der Waals surface area (Å²) >= 11 is 5.40. The molecule has 4 rings (SSSR count). The van der Waals surface area contributed by atoms with Gasteiger partial charge in [0.2, 0.25) is 0 Å². The molecule has 8 heteroatoms. The van der Waals surface area contributed by atoms with Crippen LogP contribution >= 0.6 is 12.2 Å². The van der Waals surface area contributed by atoms with Crippen molar-refractivity contribution in [3.8, 4) is 11.4 Å². The molecular formula is C18H18N4O3S. The van der Waals surface area contributed by atoms with Gasteiger partial charge in [-0.05, 0) is 48.6 Å². The van der Waals surface area contributed by atoms with Gasteiger partial charge in [0.15, 0.2) is 4.77 Å². The number of fused-ring (bicyclic) bond motifs is 1. The molecule has 7 nitrogen and oxygen atoms in total. The Morgan fingerprint density at radius 1 is 1.27 bits per heavy atom. The fourth-order valence-corrected chi connectivity index (χ4v) is 3.37. The highest BCUT2D eigenvalue weighted by atomic mass is 32.1. The van der Waals surface area contributed by atoms with E-state index in [4.69, 9.17) is 21.4 Å². The van der Waals surface area contributed by atoms with Crippen LogP contribution in [0.4, 0.5) is 5.82 Å². The summed E-state index contributed by atoms with van der Waals surface area (Å²) in [6.07, 6.45) is 1.65. The van der Waals surface area contributed by atoms with E-state index in [2.05, 4.69) is 15.2 Å². The normalized spacial score (nSPS) is 13.9. The predicted octanol–water partition coefficient (Wildman–Crippen LogP) is 2.88. The number of aromatic nitrogens is 2. The highest BCUT2D eigenvalue weighted by Gasteiger charge is 2.23. The van der Waals surface area contributed by atoms with Gasteiger partial charge in [-0.25, -0.2) is 0 Å². The lowest BCUT2D eigenvalue weighted by atomic mass is 10.2. The van der Waals surface area contributed by atoms with Crippen LogP contribution in [0.2, 0.25) is 0 Å². The average Bonchev–Trinajstić information content (AvgIpc) is 3.16. The number of hydrogen-bond donors (Lipinski definition) is 2. The van der Waals surface area contributed by atoms with Crippen LogP contribution in [-0.4, -0.2) is 28.2 Å². The molecule has 0 atom stereocenters. The van der Waals surface area contributed by atoms with Gasteiger partial charge >= 0.3 is 0 Å². The van der Waals surface area contributed by atoms with E-state index in [0.717, 1.165) is 23.0 Å². The molecule has 2 aromatic heterocycles. The second-order valence-electron chi connectivity index (χ2n) is 6.02. The number of anilines is 1. The Bertz CT molecular complexity index is 1020. The third-order valence-corrected chi connectivity index (χ3v) is 4.63. The van der Waals surface area contributed by atoms with E-state index in [-0.39, 0.29) is 5.56 Å². The van der Waals surface area contributed by atoms with Gasteiger partial charge in [-0.15, -0.1) is 0 Å². The predicted molar refractivity (Wildman–Crippen MR) is 100 cm³/mol. The fraction of sp³-hybridized carbons (Fsp3) is 0.222. The Morgan fingerprint density at radius 3 is 2.77 bits per heavy atom. The van der Waals surface area contributed by atoms with Crippen LogP contribution in [0.25, 0.3) is 5.69 Å². The number of aromatic amines is 1. The summed E-state index contributed by atoms with van der Waals surface area (Å²) in [4.78, 5) is 17.3. The molecule has 1 aromatic carbocycles. The van der Waals surface area contributed by atoms with E-state index in [9.17, 15) is 4.79 Å². The smallest absolute Gasteiger partial charge is 0.258 e. The number of H-pyrrole nitrogens is 1. The van der Waals surface area contributed by atoms with E-state index < -0.39 is 0 Å². The lowest BCUT2D eigenvalue weighted by Gasteiger charge is -2.30.